The zero-order valence-corrected chi connectivity index (χ0v) is 14.9. The zero-order valence-electron chi connectivity index (χ0n) is 14.9. The Labute approximate surface area is 150 Å². The van der Waals surface area contributed by atoms with Crippen molar-refractivity contribution < 1.29 is 18.7 Å². The average molecular weight is 357 g/mol. The first-order valence-corrected chi connectivity index (χ1v) is 8.26. The van der Waals surface area contributed by atoms with Crippen LogP contribution in [0.5, 0.6) is 0 Å². The predicted octanol–water partition coefficient (Wildman–Crippen LogP) is 2.84. The fourth-order valence-electron chi connectivity index (χ4n) is 2.79. The Morgan fingerprint density at radius 3 is 2.42 bits per heavy atom. The van der Waals surface area contributed by atoms with Crippen molar-refractivity contribution in [2.75, 3.05) is 20.7 Å². The summed E-state index contributed by atoms with van der Waals surface area (Å²) in [5, 5.41) is 0. The number of halogens is 1. The number of rotatable bonds is 5. The molecule has 1 amide bonds. The highest BCUT2D eigenvalue weighted by atomic mass is 19.1. The molecule has 0 spiro atoms. The van der Waals surface area contributed by atoms with Gasteiger partial charge in [0.1, 0.15) is 18.1 Å². The molecule has 0 aliphatic carbocycles. The highest BCUT2D eigenvalue weighted by Crippen LogP contribution is 2.25. The van der Waals surface area contributed by atoms with E-state index in [9.17, 15) is 14.0 Å². The van der Waals surface area contributed by atoms with Gasteiger partial charge < -0.3 is 18.8 Å². The molecule has 0 saturated heterocycles. The highest BCUT2D eigenvalue weighted by molar-refractivity contribution is 5.96. The van der Waals surface area contributed by atoms with Crippen molar-refractivity contribution in [3.8, 4) is 5.69 Å². The van der Waals surface area contributed by atoms with Gasteiger partial charge in [-0.3, -0.25) is 4.79 Å². The van der Waals surface area contributed by atoms with Crippen molar-refractivity contribution in [3.63, 3.8) is 0 Å². The molecule has 1 aromatic carbocycles. The quantitative estimate of drug-likeness (QED) is 0.660. The summed E-state index contributed by atoms with van der Waals surface area (Å²) in [5.74, 6) is -0.943. The van der Waals surface area contributed by atoms with E-state index in [-0.39, 0.29) is 24.9 Å². The van der Waals surface area contributed by atoms with E-state index in [1.165, 1.54) is 17.0 Å². The molecule has 0 saturated carbocycles. The van der Waals surface area contributed by atoms with Crippen LogP contribution in [0.2, 0.25) is 0 Å². The minimum absolute atomic E-state index is 0.0259. The minimum atomic E-state index is -0.485. The lowest BCUT2D eigenvalue weighted by atomic mass is 10.3. The lowest BCUT2D eigenvalue weighted by molar-refractivity contribution is -0.129. The van der Waals surface area contributed by atoms with Crippen molar-refractivity contribution in [2.24, 2.45) is 0 Å². The molecular weight excluding hydrogens is 337 g/mol. The fourth-order valence-corrected chi connectivity index (χ4v) is 2.79. The van der Waals surface area contributed by atoms with Crippen LogP contribution < -0.4 is 0 Å². The molecule has 0 aliphatic heterocycles. The van der Waals surface area contributed by atoms with E-state index < -0.39 is 5.97 Å². The van der Waals surface area contributed by atoms with E-state index in [1.807, 2.05) is 16.8 Å². The van der Waals surface area contributed by atoms with Crippen LogP contribution in [0.15, 0.2) is 42.6 Å². The third kappa shape index (κ3) is 3.20. The topological polar surface area (TPSA) is 56.5 Å². The number of carbonyl (C=O) groups is 2. The summed E-state index contributed by atoms with van der Waals surface area (Å²) in [7, 11) is 3.33. The molecule has 0 aliphatic rings. The van der Waals surface area contributed by atoms with Crippen molar-refractivity contribution >= 4 is 22.9 Å². The summed E-state index contributed by atoms with van der Waals surface area (Å²) in [6, 6.07) is 9.58. The van der Waals surface area contributed by atoms with Crippen LogP contribution in [0, 0.1) is 5.82 Å². The van der Waals surface area contributed by atoms with Gasteiger partial charge in [0.2, 0.25) is 5.91 Å². The number of likely N-dealkylation sites (N-methyl/N-ethyl adjacent to an activating group) is 1. The zero-order chi connectivity index (χ0) is 18.8. The van der Waals surface area contributed by atoms with Crippen molar-refractivity contribution in [2.45, 2.75) is 13.5 Å². The van der Waals surface area contributed by atoms with E-state index in [1.54, 1.807) is 43.8 Å². The summed E-state index contributed by atoms with van der Waals surface area (Å²) in [6.07, 6.45) is 1.82. The molecule has 7 heteroatoms. The average Bonchev–Trinajstić information content (AvgIpc) is 3.16. The van der Waals surface area contributed by atoms with Crippen molar-refractivity contribution in [1.82, 2.24) is 14.0 Å². The maximum absolute atomic E-state index is 13.2. The van der Waals surface area contributed by atoms with Crippen LogP contribution in [0.25, 0.3) is 16.7 Å². The largest absolute Gasteiger partial charge is 0.461 e. The Kier molecular flexibility index (Phi) is 4.79. The maximum atomic E-state index is 13.2. The van der Waals surface area contributed by atoms with Crippen LogP contribution in [0.1, 0.15) is 17.4 Å². The van der Waals surface area contributed by atoms with Crippen molar-refractivity contribution in [1.29, 1.82) is 0 Å². The van der Waals surface area contributed by atoms with Gasteiger partial charge in [0.25, 0.3) is 0 Å². The summed E-state index contributed by atoms with van der Waals surface area (Å²) < 4.78 is 21.8. The summed E-state index contributed by atoms with van der Waals surface area (Å²) in [4.78, 5) is 26.0. The van der Waals surface area contributed by atoms with Gasteiger partial charge in [0.15, 0.2) is 0 Å². The predicted molar refractivity (Wildman–Crippen MR) is 95.9 cm³/mol. The number of fused-ring (bicyclic) bond motifs is 1. The maximum Gasteiger partial charge on any atom is 0.355 e. The Morgan fingerprint density at radius 2 is 1.81 bits per heavy atom. The van der Waals surface area contributed by atoms with Crippen LogP contribution in [0.3, 0.4) is 0 Å². The molecule has 136 valence electrons. The SMILES string of the molecule is CCOC(=O)c1cc2c(ccn2-c2ccc(F)cc2)n1CC(=O)N(C)C. The third-order valence-corrected chi connectivity index (χ3v) is 4.14. The lowest BCUT2D eigenvalue weighted by Gasteiger charge is -2.13. The Morgan fingerprint density at radius 1 is 1.12 bits per heavy atom. The summed E-state index contributed by atoms with van der Waals surface area (Å²) in [5.41, 5.74) is 2.54. The molecular formula is C19H20FN3O3. The molecule has 0 N–H and O–H groups in total. The molecule has 3 aromatic rings. The number of benzene rings is 1. The van der Waals surface area contributed by atoms with Gasteiger partial charge >= 0.3 is 5.97 Å². The number of hydrogen-bond acceptors (Lipinski definition) is 3. The van der Waals surface area contributed by atoms with E-state index in [0.717, 1.165) is 16.7 Å². The summed E-state index contributed by atoms with van der Waals surface area (Å²) in [6.45, 7) is 2.00. The van der Waals surface area contributed by atoms with E-state index >= 15 is 0 Å². The lowest BCUT2D eigenvalue weighted by Crippen LogP contribution is -2.27. The first-order valence-electron chi connectivity index (χ1n) is 8.26. The van der Waals surface area contributed by atoms with E-state index in [4.69, 9.17) is 4.74 Å². The summed E-state index contributed by atoms with van der Waals surface area (Å²) >= 11 is 0. The van der Waals surface area contributed by atoms with Crippen LogP contribution in [-0.4, -0.2) is 46.6 Å². The number of ether oxygens (including phenoxy) is 1. The molecule has 0 bridgehead atoms. The van der Waals surface area contributed by atoms with Crippen LogP contribution >= 0.6 is 0 Å². The van der Waals surface area contributed by atoms with Gasteiger partial charge in [-0.15, -0.1) is 0 Å². The van der Waals surface area contributed by atoms with Crippen LogP contribution in [-0.2, 0) is 16.1 Å². The third-order valence-electron chi connectivity index (χ3n) is 4.14. The molecule has 6 nitrogen and oxygen atoms in total. The van der Waals surface area contributed by atoms with Gasteiger partial charge in [-0.1, -0.05) is 0 Å². The number of esters is 1. The number of hydrogen-bond donors (Lipinski definition) is 0. The molecule has 0 unspecified atom stereocenters. The molecule has 0 radical (unpaired) electrons. The molecule has 3 rings (SSSR count). The fraction of sp³-hybridized carbons (Fsp3) is 0.263. The second kappa shape index (κ2) is 7.03. The van der Waals surface area contributed by atoms with Gasteiger partial charge in [0.05, 0.1) is 17.6 Å². The first-order chi connectivity index (χ1) is 12.4. The monoisotopic (exact) mass is 357 g/mol. The van der Waals surface area contributed by atoms with E-state index in [2.05, 4.69) is 0 Å². The first kappa shape index (κ1) is 17.7. The normalized spacial score (nSPS) is 10.9. The van der Waals surface area contributed by atoms with Crippen molar-refractivity contribution in [3.05, 3.63) is 54.1 Å². The Bertz CT molecular complexity index is 954. The van der Waals surface area contributed by atoms with Gasteiger partial charge in [-0.05, 0) is 43.3 Å². The molecule has 0 atom stereocenters. The smallest absolute Gasteiger partial charge is 0.355 e. The number of nitrogens with zero attached hydrogens (tertiary/aromatic N) is 3. The Balaban J connectivity index is 2.13. The number of amides is 1. The minimum Gasteiger partial charge on any atom is -0.461 e. The molecule has 2 aromatic heterocycles. The molecule has 26 heavy (non-hydrogen) atoms. The second-order valence-electron chi connectivity index (χ2n) is 6.06. The highest BCUT2D eigenvalue weighted by Gasteiger charge is 2.21. The second-order valence-corrected chi connectivity index (χ2v) is 6.06. The number of aromatic nitrogens is 2. The standard InChI is InChI=1S/C19H20FN3O3/c1-4-26-19(25)17-11-16-15(23(17)12-18(24)21(2)3)9-10-22(16)14-7-5-13(20)6-8-14/h5-11H,4,12H2,1-3H3. The van der Waals surface area contributed by atoms with E-state index in [0.29, 0.717) is 5.69 Å². The van der Waals surface area contributed by atoms with Gasteiger partial charge in [-0.25, -0.2) is 9.18 Å². The molecule has 0 fully saturated rings. The van der Waals surface area contributed by atoms with Gasteiger partial charge in [0, 0.05) is 26.0 Å². The Hall–Kier alpha value is -3.09. The molecule has 2 heterocycles. The number of carbonyl (C=O) groups excluding carboxylic acids is 2. The van der Waals surface area contributed by atoms with Crippen LogP contribution in [0.4, 0.5) is 4.39 Å². The van der Waals surface area contributed by atoms with Gasteiger partial charge in [-0.2, -0.15) is 0 Å².